The number of imidazole rings is 1. The van der Waals surface area contributed by atoms with Gasteiger partial charge >= 0.3 is 0 Å². The van der Waals surface area contributed by atoms with Crippen LogP contribution >= 0.6 is 0 Å². The van der Waals surface area contributed by atoms with Crippen molar-refractivity contribution in [2.24, 2.45) is 13.0 Å². The lowest BCUT2D eigenvalue weighted by Crippen LogP contribution is -2.39. The van der Waals surface area contributed by atoms with Crippen LogP contribution in [-0.2, 0) is 13.5 Å². The first-order valence-electron chi connectivity index (χ1n) is 8.77. The molecule has 8 heteroatoms. The number of hydrogen-bond acceptors (Lipinski definition) is 5. The minimum absolute atomic E-state index is 0.0456. The Morgan fingerprint density at radius 2 is 2.08 bits per heavy atom. The van der Waals surface area contributed by atoms with Gasteiger partial charge in [-0.2, -0.15) is 5.10 Å². The second kappa shape index (κ2) is 7.07. The maximum Gasteiger partial charge on any atom is 0.254 e. The Kier molecular flexibility index (Phi) is 4.47. The molecule has 0 atom stereocenters. The Bertz CT molecular complexity index is 879. The second-order valence-electron chi connectivity index (χ2n) is 6.64. The Morgan fingerprint density at radius 1 is 1.23 bits per heavy atom. The molecular formula is C18H21N7O. The summed E-state index contributed by atoms with van der Waals surface area (Å²) < 4.78 is 3.62. The van der Waals surface area contributed by atoms with Crippen LogP contribution in [-0.4, -0.2) is 53.2 Å². The molecule has 1 aliphatic heterocycles. The molecule has 1 amide bonds. The number of carbonyl (C=O) groups is 1. The van der Waals surface area contributed by atoms with Crippen molar-refractivity contribution < 1.29 is 4.79 Å². The molecular weight excluding hydrogens is 330 g/mol. The number of likely N-dealkylation sites (tertiary alicyclic amines) is 1. The number of piperidine rings is 1. The zero-order chi connectivity index (χ0) is 17.9. The molecule has 0 N–H and O–H groups in total. The fraction of sp³-hybridized carbons (Fsp3) is 0.389. The first-order valence-corrected chi connectivity index (χ1v) is 8.77. The van der Waals surface area contributed by atoms with Crippen molar-refractivity contribution >= 4 is 5.91 Å². The molecule has 0 bridgehead atoms. The van der Waals surface area contributed by atoms with Crippen molar-refractivity contribution in [3.05, 3.63) is 54.8 Å². The highest BCUT2D eigenvalue weighted by atomic mass is 16.2. The third-order valence-corrected chi connectivity index (χ3v) is 4.94. The SMILES string of the molecule is Cn1ccnc1CC1CCN(C(=O)c2ccnc(-n3cncn3)c2)CC1. The van der Waals surface area contributed by atoms with Gasteiger partial charge in [-0.3, -0.25) is 4.79 Å². The Hall–Kier alpha value is -3.03. The fourth-order valence-electron chi connectivity index (χ4n) is 3.38. The van der Waals surface area contributed by atoms with Crippen LogP contribution < -0.4 is 0 Å². The molecule has 0 radical (unpaired) electrons. The lowest BCUT2D eigenvalue weighted by Gasteiger charge is -2.32. The predicted octanol–water partition coefficient (Wildman–Crippen LogP) is 1.49. The minimum Gasteiger partial charge on any atom is -0.339 e. The molecule has 134 valence electrons. The number of amides is 1. The summed E-state index contributed by atoms with van der Waals surface area (Å²) in [5, 5.41) is 4.06. The van der Waals surface area contributed by atoms with E-state index in [-0.39, 0.29) is 5.91 Å². The van der Waals surface area contributed by atoms with Crippen LogP contribution in [0, 0.1) is 5.92 Å². The molecule has 0 spiro atoms. The summed E-state index contributed by atoms with van der Waals surface area (Å²) in [5.41, 5.74) is 0.632. The lowest BCUT2D eigenvalue weighted by molar-refractivity contribution is 0.0689. The zero-order valence-corrected chi connectivity index (χ0v) is 14.7. The topological polar surface area (TPSA) is 81.7 Å². The molecule has 0 saturated carbocycles. The Labute approximate surface area is 151 Å². The van der Waals surface area contributed by atoms with Gasteiger partial charge in [0, 0.05) is 50.7 Å². The van der Waals surface area contributed by atoms with Crippen molar-refractivity contribution in [2.75, 3.05) is 13.1 Å². The molecule has 4 heterocycles. The van der Waals surface area contributed by atoms with E-state index in [0.717, 1.165) is 38.2 Å². The van der Waals surface area contributed by atoms with E-state index in [2.05, 4.69) is 24.6 Å². The first-order chi connectivity index (χ1) is 12.7. The van der Waals surface area contributed by atoms with E-state index >= 15 is 0 Å². The molecule has 0 aliphatic carbocycles. The molecule has 0 aromatic carbocycles. The van der Waals surface area contributed by atoms with Crippen LogP contribution in [0.4, 0.5) is 0 Å². The van der Waals surface area contributed by atoms with Crippen LogP contribution in [0.2, 0.25) is 0 Å². The summed E-state index contributed by atoms with van der Waals surface area (Å²) in [6.07, 6.45) is 11.4. The van der Waals surface area contributed by atoms with E-state index in [1.807, 2.05) is 24.3 Å². The smallest absolute Gasteiger partial charge is 0.254 e. The summed E-state index contributed by atoms with van der Waals surface area (Å²) in [5.74, 6) is 2.33. The van der Waals surface area contributed by atoms with Gasteiger partial charge in [0.15, 0.2) is 5.82 Å². The number of nitrogens with zero attached hydrogens (tertiary/aromatic N) is 7. The van der Waals surface area contributed by atoms with E-state index in [4.69, 9.17) is 0 Å². The number of aromatic nitrogens is 6. The molecule has 1 saturated heterocycles. The van der Waals surface area contributed by atoms with Gasteiger partial charge in [-0.15, -0.1) is 0 Å². The molecule has 4 rings (SSSR count). The molecule has 8 nitrogen and oxygen atoms in total. The van der Waals surface area contributed by atoms with Gasteiger partial charge in [0.05, 0.1) is 0 Å². The number of pyridine rings is 1. The van der Waals surface area contributed by atoms with E-state index in [1.165, 1.54) is 6.33 Å². The Morgan fingerprint density at radius 3 is 2.77 bits per heavy atom. The van der Waals surface area contributed by atoms with Crippen molar-refractivity contribution in [1.29, 1.82) is 0 Å². The fourth-order valence-corrected chi connectivity index (χ4v) is 3.38. The summed E-state index contributed by atoms with van der Waals surface area (Å²) in [6.45, 7) is 1.55. The number of aryl methyl sites for hydroxylation is 1. The average molecular weight is 351 g/mol. The summed E-state index contributed by atoms with van der Waals surface area (Å²) in [4.78, 5) is 27.3. The van der Waals surface area contributed by atoms with Gasteiger partial charge in [0.2, 0.25) is 0 Å². The van der Waals surface area contributed by atoms with Gasteiger partial charge < -0.3 is 9.47 Å². The number of rotatable bonds is 4. The lowest BCUT2D eigenvalue weighted by atomic mass is 9.93. The van der Waals surface area contributed by atoms with Crippen LogP contribution in [0.3, 0.4) is 0 Å². The predicted molar refractivity (Wildman–Crippen MR) is 94.7 cm³/mol. The van der Waals surface area contributed by atoms with Gasteiger partial charge in [-0.05, 0) is 30.9 Å². The highest BCUT2D eigenvalue weighted by Gasteiger charge is 2.25. The Balaban J connectivity index is 1.39. The largest absolute Gasteiger partial charge is 0.339 e. The van der Waals surface area contributed by atoms with Gasteiger partial charge in [0.1, 0.15) is 18.5 Å². The van der Waals surface area contributed by atoms with Crippen molar-refractivity contribution in [2.45, 2.75) is 19.3 Å². The minimum atomic E-state index is 0.0456. The number of carbonyl (C=O) groups excluding carboxylic acids is 1. The molecule has 1 fully saturated rings. The monoisotopic (exact) mass is 351 g/mol. The normalized spacial score (nSPS) is 15.3. The molecule has 26 heavy (non-hydrogen) atoms. The van der Waals surface area contributed by atoms with Crippen LogP contribution in [0.1, 0.15) is 29.0 Å². The maximum absolute atomic E-state index is 12.8. The maximum atomic E-state index is 12.8. The van der Waals surface area contributed by atoms with Crippen molar-refractivity contribution in [3.63, 3.8) is 0 Å². The first kappa shape index (κ1) is 16.4. The third-order valence-electron chi connectivity index (χ3n) is 4.94. The van der Waals surface area contributed by atoms with Crippen LogP contribution in [0.15, 0.2) is 43.4 Å². The van der Waals surface area contributed by atoms with Gasteiger partial charge in [-0.1, -0.05) is 0 Å². The number of hydrogen-bond donors (Lipinski definition) is 0. The highest BCUT2D eigenvalue weighted by molar-refractivity contribution is 5.94. The summed E-state index contributed by atoms with van der Waals surface area (Å²) in [7, 11) is 2.02. The standard InChI is InChI=1S/C18H21N7O/c1-23-9-6-21-16(23)10-14-3-7-24(8-4-14)18(26)15-2-5-20-17(11-15)25-13-19-12-22-25/h2,5-6,9,11-14H,3-4,7-8,10H2,1H3. The molecule has 1 aliphatic rings. The van der Waals surface area contributed by atoms with Gasteiger partial charge in [0.25, 0.3) is 5.91 Å². The average Bonchev–Trinajstić information content (AvgIpc) is 3.35. The van der Waals surface area contributed by atoms with E-state index in [1.54, 1.807) is 29.3 Å². The van der Waals surface area contributed by atoms with E-state index in [0.29, 0.717) is 17.3 Å². The highest BCUT2D eigenvalue weighted by Crippen LogP contribution is 2.22. The summed E-state index contributed by atoms with van der Waals surface area (Å²) in [6, 6.07) is 3.51. The molecule has 3 aromatic heterocycles. The zero-order valence-electron chi connectivity index (χ0n) is 14.7. The molecule has 3 aromatic rings. The second-order valence-corrected chi connectivity index (χ2v) is 6.64. The van der Waals surface area contributed by atoms with E-state index in [9.17, 15) is 4.79 Å². The van der Waals surface area contributed by atoms with Gasteiger partial charge in [-0.25, -0.2) is 19.6 Å². The van der Waals surface area contributed by atoms with Crippen molar-refractivity contribution in [1.82, 2.24) is 34.2 Å². The van der Waals surface area contributed by atoms with Crippen LogP contribution in [0.5, 0.6) is 0 Å². The molecule has 0 unspecified atom stereocenters. The van der Waals surface area contributed by atoms with E-state index < -0.39 is 0 Å². The quantitative estimate of drug-likeness (QED) is 0.711. The van der Waals surface area contributed by atoms with Crippen LogP contribution in [0.25, 0.3) is 5.82 Å². The summed E-state index contributed by atoms with van der Waals surface area (Å²) >= 11 is 0. The van der Waals surface area contributed by atoms with Crippen molar-refractivity contribution in [3.8, 4) is 5.82 Å². The third kappa shape index (κ3) is 3.35.